The van der Waals surface area contributed by atoms with Crippen LogP contribution in [0.4, 0.5) is 19.0 Å². The molecule has 110 valence electrons. The molecule has 4 rings (SSSR count). The first-order chi connectivity index (χ1) is 10.0. The third-order valence-corrected chi connectivity index (χ3v) is 4.66. The van der Waals surface area contributed by atoms with E-state index >= 15 is 0 Å². The predicted molar refractivity (Wildman–Crippen MR) is 72.9 cm³/mol. The molecule has 1 unspecified atom stereocenters. The molecule has 3 nitrogen and oxygen atoms in total. The summed E-state index contributed by atoms with van der Waals surface area (Å²) in [5, 5.41) is 0.582. The van der Waals surface area contributed by atoms with Gasteiger partial charge < -0.3 is 4.90 Å². The number of halogens is 3. The molecule has 0 N–H and O–H groups in total. The molecule has 1 aromatic carbocycles. The van der Waals surface area contributed by atoms with E-state index in [1.807, 2.05) is 4.90 Å². The first-order valence-corrected chi connectivity index (χ1v) is 7.04. The molecule has 0 amide bonds. The Morgan fingerprint density at radius 3 is 2.76 bits per heavy atom. The number of nitrogens with zero attached hydrogens (tertiary/aromatic N) is 3. The molecule has 1 saturated heterocycles. The number of anilines is 1. The highest BCUT2D eigenvalue weighted by Crippen LogP contribution is 2.64. The normalized spacial score (nSPS) is 27.3. The SMILES string of the molecule is Fc1ccc2ncnc(N3CCCC4(C3)CC4(F)F)c2c1. The molecule has 2 aromatic rings. The standard InChI is InChI=1S/C15H14F3N3/c16-10-2-3-12-11(6-10)13(20-9-19-12)21-5-1-4-14(8-21)7-15(14,17)18/h2-3,6,9H,1,4-5,7-8H2. The van der Waals surface area contributed by atoms with E-state index in [4.69, 9.17) is 0 Å². The lowest BCUT2D eigenvalue weighted by atomic mass is 9.94. The van der Waals surface area contributed by atoms with Gasteiger partial charge in [-0.2, -0.15) is 0 Å². The van der Waals surface area contributed by atoms with Gasteiger partial charge in [0.05, 0.1) is 10.9 Å². The van der Waals surface area contributed by atoms with Crippen LogP contribution in [-0.2, 0) is 0 Å². The monoisotopic (exact) mass is 293 g/mol. The molecular weight excluding hydrogens is 279 g/mol. The number of rotatable bonds is 1. The molecule has 1 saturated carbocycles. The van der Waals surface area contributed by atoms with Crippen molar-refractivity contribution in [2.45, 2.75) is 25.2 Å². The van der Waals surface area contributed by atoms with Gasteiger partial charge in [0, 0.05) is 24.9 Å². The third-order valence-electron chi connectivity index (χ3n) is 4.66. The highest BCUT2D eigenvalue weighted by atomic mass is 19.3. The molecule has 1 aliphatic heterocycles. The van der Waals surface area contributed by atoms with E-state index in [2.05, 4.69) is 9.97 Å². The predicted octanol–water partition coefficient (Wildman–Crippen LogP) is 3.39. The second-order valence-corrected chi connectivity index (χ2v) is 6.05. The minimum Gasteiger partial charge on any atom is -0.355 e. The second-order valence-electron chi connectivity index (χ2n) is 6.05. The maximum Gasteiger partial charge on any atom is 0.256 e. The molecule has 2 heterocycles. The summed E-state index contributed by atoms with van der Waals surface area (Å²) in [7, 11) is 0. The van der Waals surface area contributed by atoms with E-state index in [0.717, 1.165) is 0 Å². The number of piperidine rings is 1. The van der Waals surface area contributed by atoms with Gasteiger partial charge in [-0.15, -0.1) is 0 Å². The van der Waals surface area contributed by atoms with Crippen molar-refractivity contribution in [1.29, 1.82) is 0 Å². The van der Waals surface area contributed by atoms with E-state index in [1.165, 1.54) is 18.5 Å². The summed E-state index contributed by atoms with van der Waals surface area (Å²) in [5.74, 6) is -2.39. The zero-order valence-electron chi connectivity index (χ0n) is 11.3. The summed E-state index contributed by atoms with van der Waals surface area (Å²) in [6, 6.07) is 4.30. The number of aromatic nitrogens is 2. The second kappa shape index (κ2) is 4.08. The first-order valence-electron chi connectivity index (χ1n) is 7.04. The van der Waals surface area contributed by atoms with Gasteiger partial charge in [0.2, 0.25) is 0 Å². The average molecular weight is 293 g/mol. The smallest absolute Gasteiger partial charge is 0.256 e. The van der Waals surface area contributed by atoms with Crippen LogP contribution in [0.15, 0.2) is 24.5 Å². The lowest BCUT2D eigenvalue weighted by Gasteiger charge is -2.34. The van der Waals surface area contributed by atoms with Crippen LogP contribution < -0.4 is 4.90 Å². The maximum absolute atomic E-state index is 13.6. The van der Waals surface area contributed by atoms with Crippen LogP contribution >= 0.6 is 0 Å². The van der Waals surface area contributed by atoms with Gasteiger partial charge in [-0.25, -0.2) is 23.1 Å². The highest BCUT2D eigenvalue weighted by Gasteiger charge is 2.71. The van der Waals surface area contributed by atoms with Crippen molar-refractivity contribution in [2.75, 3.05) is 18.0 Å². The first kappa shape index (κ1) is 12.9. The van der Waals surface area contributed by atoms with E-state index in [9.17, 15) is 13.2 Å². The van der Waals surface area contributed by atoms with Gasteiger partial charge in [-0.05, 0) is 31.0 Å². The van der Waals surface area contributed by atoms with Crippen molar-refractivity contribution in [1.82, 2.24) is 9.97 Å². The van der Waals surface area contributed by atoms with Gasteiger partial charge in [-0.3, -0.25) is 0 Å². The third kappa shape index (κ3) is 1.88. The van der Waals surface area contributed by atoms with Crippen LogP contribution in [0.3, 0.4) is 0 Å². The van der Waals surface area contributed by atoms with Crippen molar-refractivity contribution >= 4 is 16.7 Å². The van der Waals surface area contributed by atoms with E-state index in [1.54, 1.807) is 6.07 Å². The van der Waals surface area contributed by atoms with Crippen molar-refractivity contribution in [3.8, 4) is 0 Å². The number of fused-ring (bicyclic) bond motifs is 1. The van der Waals surface area contributed by atoms with E-state index in [0.29, 0.717) is 36.1 Å². The summed E-state index contributed by atoms with van der Waals surface area (Å²) in [6.07, 6.45) is 2.61. The zero-order chi connectivity index (χ0) is 14.7. The van der Waals surface area contributed by atoms with Crippen LogP contribution in [0.1, 0.15) is 19.3 Å². The molecule has 21 heavy (non-hydrogen) atoms. The lowest BCUT2D eigenvalue weighted by molar-refractivity contribution is 0.0575. The molecule has 6 heteroatoms. The van der Waals surface area contributed by atoms with Crippen molar-refractivity contribution in [3.05, 3.63) is 30.3 Å². The Morgan fingerprint density at radius 2 is 2.00 bits per heavy atom. The van der Waals surface area contributed by atoms with Crippen LogP contribution in [0.5, 0.6) is 0 Å². The Balaban J connectivity index is 1.75. The van der Waals surface area contributed by atoms with Crippen molar-refractivity contribution < 1.29 is 13.2 Å². The summed E-state index contributed by atoms with van der Waals surface area (Å²) in [6.45, 7) is 0.948. The molecule has 1 spiro atoms. The number of benzene rings is 1. The minimum absolute atomic E-state index is 0.0477. The quantitative estimate of drug-likeness (QED) is 0.807. The highest BCUT2D eigenvalue weighted by molar-refractivity contribution is 5.89. The Labute approximate surface area is 119 Å². The van der Waals surface area contributed by atoms with Gasteiger partial charge in [0.1, 0.15) is 18.0 Å². The van der Waals surface area contributed by atoms with E-state index < -0.39 is 11.3 Å². The van der Waals surface area contributed by atoms with Gasteiger partial charge in [-0.1, -0.05) is 0 Å². The fourth-order valence-electron chi connectivity index (χ4n) is 3.40. The number of hydrogen-bond acceptors (Lipinski definition) is 3. The molecule has 2 aliphatic rings. The largest absolute Gasteiger partial charge is 0.355 e. The fourth-order valence-corrected chi connectivity index (χ4v) is 3.40. The van der Waals surface area contributed by atoms with Crippen LogP contribution in [0.25, 0.3) is 10.9 Å². The number of alkyl halides is 2. The minimum atomic E-state index is -2.57. The van der Waals surface area contributed by atoms with Crippen molar-refractivity contribution in [2.24, 2.45) is 5.41 Å². The van der Waals surface area contributed by atoms with Crippen LogP contribution in [-0.4, -0.2) is 29.0 Å². The molecule has 0 radical (unpaired) electrons. The van der Waals surface area contributed by atoms with Gasteiger partial charge in [0.15, 0.2) is 0 Å². The lowest BCUT2D eigenvalue weighted by Crippen LogP contribution is -2.39. The van der Waals surface area contributed by atoms with E-state index in [-0.39, 0.29) is 18.8 Å². The Hall–Kier alpha value is -1.85. The molecule has 0 bridgehead atoms. The fraction of sp³-hybridized carbons (Fsp3) is 0.467. The van der Waals surface area contributed by atoms with Gasteiger partial charge in [0.25, 0.3) is 5.92 Å². The number of hydrogen-bond donors (Lipinski definition) is 0. The maximum atomic E-state index is 13.6. The van der Waals surface area contributed by atoms with Crippen LogP contribution in [0.2, 0.25) is 0 Å². The van der Waals surface area contributed by atoms with Crippen LogP contribution in [0, 0.1) is 11.2 Å². The Bertz CT molecular complexity index is 718. The molecule has 1 aliphatic carbocycles. The summed E-state index contributed by atoms with van der Waals surface area (Å²) >= 11 is 0. The zero-order valence-corrected chi connectivity index (χ0v) is 11.3. The van der Waals surface area contributed by atoms with Gasteiger partial charge >= 0.3 is 0 Å². The molecule has 2 fully saturated rings. The molecular formula is C15H14F3N3. The average Bonchev–Trinajstić information content (AvgIpc) is 2.97. The molecule has 1 atom stereocenters. The Kier molecular flexibility index (Phi) is 2.50. The summed E-state index contributed by atoms with van der Waals surface area (Å²) in [4.78, 5) is 10.2. The Morgan fingerprint density at radius 1 is 1.19 bits per heavy atom. The molecule has 1 aromatic heterocycles. The summed E-state index contributed by atoms with van der Waals surface area (Å²) in [5.41, 5.74) is -0.279. The van der Waals surface area contributed by atoms with Crippen molar-refractivity contribution in [3.63, 3.8) is 0 Å². The topological polar surface area (TPSA) is 29.0 Å². The summed E-state index contributed by atoms with van der Waals surface area (Å²) < 4.78 is 40.7.